The number of rotatable bonds is 5. The Morgan fingerprint density at radius 2 is 2.24 bits per heavy atom. The molecule has 2 saturated heterocycles. The van der Waals surface area contributed by atoms with Gasteiger partial charge >= 0.3 is 0 Å². The quantitative estimate of drug-likeness (QED) is 0.836. The molecule has 2 aliphatic rings. The fourth-order valence-electron chi connectivity index (χ4n) is 3.54. The second-order valence-electron chi connectivity index (χ2n) is 6.12. The lowest BCUT2D eigenvalue weighted by atomic mass is 9.88. The van der Waals surface area contributed by atoms with Crippen molar-refractivity contribution in [1.29, 1.82) is 0 Å². The van der Waals surface area contributed by atoms with Gasteiger partial charge in [0.15, 0.2) is 5.13 Å². The number of hydrogen-bond donors (Lipinski definition) is 0. The topological polar surface area (TPSA) is 28.6 Å². The van der Waals surface area contributed by atoms with Crippen LogP contribution in [0.3, 0.4) is 0 Å². The number of piperidine rings is 1. The van der Waals surface area contributed by atoms with Gasteiger partial charge in [0, 0.05) is 50.4 Å². The summed E-state index contributed by atoms with van der Waals surface area (Å²) in [4.78, 5) is 10.9. The summed E-state index contributed by atoms with van der Waals surface area (Å²) in [5.74, 6) is 0.752. The first kappa shape index (κ1) is 15.3. The highest BCUT2D eigenvalue weighted by molar-refractivity contribution is 7.15. The van der Waals surface area contributed by atoms with Crippen LogP contribution in [0.15, 0.2) is 6.20 Å². The molecule has 3 heterocycles. The standard InChI is InChI=1S/C16H27N3OS/c1-3-19(4-2)16-17-10-14(21-16)12-18-8-7-15-13(11-18)6-5-9-20-15/h10,13,15H,3-9,11-12H2,1-2H3/t13-,15+/m1/s1. The molecule has 2 fully saturated rings. The number of aromatic nitrogens is 1. The van der Waals surface area contributed by atoms with E-state index < -0.39 is 0 Å². The van der Waals surface area contributed by atoms with E-state index in [2.05, 4.69) is 34.8 Å². The Hall–Kier alpha value is -0.650. The average Bonchev–Trinajstić information content (AvgIpc) is 2.97. The van der Waals surface area contributed by atoms with E-state index in [1.54, 1.807) is 0 Å². The Labute approximate surface area is 132 Å². The number of fused-ring (bicyclic) bond motifs is 1. The molecule has 5 heteroatoms. The van der Waals surface area contributed by atoms with Gasteiger partial charge in [0.2, 0.25) is 0 Å². The summed E-state index contributed by atoms with van der Waals surface area (Å²) in [6, 6.07) is 0. The molecule has 0 spiro atoms. The normalized spacial score (nSPS) is 26.6. The van der Waals surface area contributed by atoms with Gasteiger partial charge in [0.05, 0.1) is 6.10 Å². The first-order valence-corrected chi connectivity index (χ1v) is 9.15. The van der Waals surface area contributed by atoms with Gasteiger partial charge in [0.25, 0.3) is 0 Å². The second kappa shape index (κ2) is 7.07. The van der Waals surface area contributed by atoms with Gasteiger partial charge in [-0.05, 0) is 39.0 Å². The van der Waals surface area contributed by atoms with Gasteiger partial charge in [-0.2, -0.15) is 0 Å². The van der Waals surface area contributed by atoms with Crippen molar-refractivity contribution in [3.05, 3.63) is 11.1 Å². The molecule has 3 rings (SSSR count). The molecule has 0 aromatic carbocycles. The van der Waals surface area contributed by atoms with Gasteiger partial charge in [-0.1, -0.05) is 0 Å². The Morgan fingerprint density at radius 1 is 1.38 bits per heavy atom. The van der Waals surface area contributed by atoms with Crippen LogP contribution in [0.25, 0.3) is 0 Å². The van der Waals surface area contributed by atoms with Crippen molar-refractivity contribution < 1.29 is 4.74 Å². The molecule has 2 atom stereocenters. The van der Waals surface area contributed by atoms with Gasteiger partial charge in [0.1, 0.15) is 0 Å². The zero-order valence-corrected chi connectivity index (χ0v) is 14.1. The third-order valence-electron chi connectivity index (χ3n) is 4.75. The molecule has 0 aliphatic carbocycles. The second-order valence-corrected chi connectivity index (χ2v) is 7.21. The van der Waals surface area contributed by atoms with Crippen molar-refractivity contribution in [3.63, 3.8) is 0 Å². The van der Waals surface area contributed by atoms with Crippen molar-refractivity contribution in [2.24, 2.45) is 5.92 Å². The lowest BCUT2D eigenvalue weighted by molar-refractivity contribution is -0.0674. The monoisotopic (exact) mass is 309 g/mol. The highest BCUT2D eigenvalue weighted by atomic mass is 32.1. The minimum Gasteiger partial charge on any atom is -0.378 e. The molecule has 0 amide bonds. The third kappa shape index (κ3) is 3.58. The van der Waals surface area contributed by atoms with Crippen molar-refractivity contribution >= 4 is 16.5 Å². The van der Waals surface area contributed by atoms with Crippen molar-refractivity contribution in [1.82, 2.24) is 9.88 Å². The number of hydrogen-bond acceptors (Lipinski definition) is 5. The molecule has 0 bridgehead atoms. The Morgan fingerprint density at radius 3 is 3.05 bits per heavy atom. The molecule has 21 heavy (non-hydrogen) atoms. The highest BCUT2D eigenvalue weighted by Crippen LogP contribution is 2.30. The van der Waals surface area contributed by atoms with Crippen molar-refractivity contribution in [2.75, 3.05) is 37.7 Å². The van der Waals surface area contributed by atoms with Crippen molar-refractivity contribution in [3.8, 4) is 0 Å². The van der Waals surface area contributed by atoms with Gasteiger partial charge < -0.3 is 9.64 Å². The van der Waals surface area contributed by atoms with Crippen LogP contribution >= 0.6 is 11.3 Å². The van der Waals surface area contributed by atoms with Crippen molar-refractivity contribution in [2.45, 2.75) is 45.8 Å². The lowest BCUT2D eigenvalue weighted by Gasteiger charge is -2.40. The number of thiazole rings is 1. The molecule has 4 nitrogen and oxygen atoms in total. The first-order chi connectivity index (χ1) is 10.3. The van der Waals surface area contributed by atoms with E-state index >= 15 is 0 Å². The summed E-state index contributed by atoms with van der Waals surface area (Å²) in [5.41, 5.74) is 0. The Balaban J connectivity index is 1.57. The van der Waals surface area contributed by atoms with E-state index in [1.165, 1.54) is 42.4 Å². The van der Waals surface area contributed by atoms with Crippen LogP contribution in [0, 0.1) is 5.92 Å². The van der Waals surface area contributed by atoms with Crippen LogP contribution in [0.1, 0.15) is 38.0 Å². The highest BCUT2D eigenvalue weighted by Gasteiger charge is 2.32. The molecule has 1 aromatic heterocycles. The predicted octanol–water partition coefficient (Wildman–Crippen LogP) is 2.99. The van der Waals surface area contributed by atoms with Crippen LogP contribution in [-0.2, 0) is 11.3 Å². The number of nitrogens with zero attached hydrogens (tertiary/aromatic N) is 3. The first-order valence-electron chi connectivity index (χ1n) is 8.33. The summed E-state index contributed by atoms with van der Waals surface area (Å²) in [5, 5.41) is 1.17. The molecule has 2 aliphatic heterocycles. The zero-order chi connectivity index (χ0) is 14.7. The smallest absolute Gasteiger partial charge is 0.185 e. The minimum atomic E-state index is 0.530. The summed E-state index contributed by atoms with van der Waals surface area (Å²) in [6.07, 6.45) is 6.38. The van der Waals surface area contributed by atoms with Gasteiger partial charge in [-0.25, -0.2) is 4.98 Å². The van der Waals surface area contributed by atoms with E-state index in [1.807, 2.05) is 11.3 Å². The maximum atomic E-state index is 5.90. The third-order valence-corrected chi connectivity index (χ3v) is 5.80. The molecule has 0 unspecified atom stereocenters. The SMILES string of the molecule is CCN(CC)c1ncc(CN2CC[C@@H]3OCCC[C@@H]3C2)s1. The minimum absolute atomic E-state index is 0.530. The summed E-state index contributed by atoms with van der Waals surface area (Å²) < 4.78 is 5.90. The Kier molecular flexibility index (Phi) is 5.14. The molecular formula is C16H27N3OS. The van der Waals surface area contributed by atoms with E-state index in [0.717, 1.165) is 32.2 Å². The molecule has 0 N–H and O–H groups in total. The lowest BCUT2D eigenvalue weighted by Crippen LogP contribution is -2.45. The molecule has 0 saturated carbocycles. The average molecular weight is 309 g/mol. The predicted molar refractivity (Wildman–Crippen MR) is 88.0 cm³/mol. The summed E-state index contributed by atoms with van der Waals surface area (Å²) in [6.45, 7) is 10.9. The molecule has 1 aromatic rings. The van der Waals surface area contributed by atoms with E-state index in [-0.39, 0.29) is 0 Å². The summed E-state index contributed by atoms with van der Waals surface area (Å²) >= 11 is 1.86. The van der Waals surface area contributed by atoms with Gasteiger partial charge in [-0.15, -0.1) is 11.3 Å². The molecule has 118 valence electrons. The fraction of sp³-hybridized carbons (Fsp3) is 0.812. The number of anilines is 1. The number of ether oxygens (including phenoxy) is 1. The largest absolute Gasteiger partial charge is 0.378 e. The van der Waals surface area contributed by atoms with Crippen LogP contribution in [0.2, 0.25) is 0 Å². The maximum absolute atomic E-state index is 5.90. The van der Waals surface area contributed by atoms with E-state index in [9.17, 15) is 0 Å². The fourth-order valence-corrected chi connectivity index (χ4v) is 4.62. The van der Waals surface area contributed by atoms with Crippen LogP contribution in [0.4, 0.5) is 5.13 Å². The molecule has 0 radical (unpaired) electrons. The zero-order valence-electron chi connectivity index (χ0n) is 13.3. The van der Waals surface area contributed by atoms with Crippen LogP contribution in [-0.4, -0.2) is 48.8 Å². The molecular weight excluding hydrogens is 282 g/mol. The Bertz CT molecular complexity index is 446. The number of likely N-dealkylation sites (tertiary alicyclic amines) is 1. The van der Waals surface area contributed by atoms with E-state index in [0.29, 0.717) is 6.10 Å². The van der Waals surface area contributed by atoms with E-state index in [4.69, 9.17) is 4.74 Å². The van der Waals surface area contributed by atoms with Crippen LogP contribution < -0.4 is 4.90 Å². The summed E-state index contributed by atoms with van der Waals surface area (Å²) in [7, 11) is 0. The maximum Gasteiger partial charge on any atom is 0.185 e. The van der Waals surface area contributed by atoms with Crippen LogP contribution in [0.5, 0.6) is 0 Å². The van der Waals surface area contributed by atoms with Gasteiger partial charge in [-0.3, -0.25) is 4.90 Å².